The van der Waals surface area contributed by atoms with Gasteiger partial charge < -0.3 is 9.47 Å². The lowest BCUT2D eigenvalue weighted by Gasteiger charge is -2.25. The van der Waals surface area contributed by atoms with Gasteiger partial charge in [0.1, 0.15) is 4.32 Å². The van der Waals surface area contributed by atoms with Gasteiger partial charge in [-0.1, -0.05) is 15.9 Å². The molecule has 0 N–H and O–H groups in total. The molecule has 2 fully saturated rings. The number of hydrogen-bond donors (Lipinski definition) is 0. The van der Waals surface area contributed by atoms with Crippen molar-refractivity contribution in [3.8, 4) is 0 Å². The van der Waals surface area contributed by atoms with Crippen LogP contribution in [0.4, 0.5) is 0 Å². The van der Waals surface area contributed by atoms with Crippen LogP contribution in [0.2, 0.25) is 0 Å². The third-order valence-corrected chi connectivity index (χ3v) is 3.63. The summed E-state index contributed by atoms with van der Waals surface area (Å²) in [7, 11) is 1.42. The lowest BCUT2D eigenvalue weighted by Crippen LogP contribution is -2.37. The van der Waals surface area contributed by atoms with E-state index in [0.717, 1.165) is 19.3 Å². The number of halogens is 1. The fraction of sp³-hybridized carbons (Fsp3) is 0.875. The molecule has 2 aliphatic rings. The molecule has 0 radical (unpaired) electrons. The van der Waals surface area contributed by atoms with Gasteiger partial charge in [0.05, 0.1) is 19.3 Å². The molecule has 0 aromatic rings. The fourth-order valence-electron chi connectivity index (χ4n) is 1.77. The summed E-state index contributed by atoms with van der Waals surface area (Å²) < 4.78 is 9.58. The van der Waals surface area contributed by atoms with Crippen LogP contribution in [0.1, 0.15) is 19.3 Å². The number of methoxy groups -OCH3 is 1. The largest absolute Gasteiger partial charge is 0.468 e. The molecule has 2 rings (SSSR count). The maximum atomic E-state index is 11.3. The Morgan fingerprint density at radius 1 is 1.67 bits per heavy atom. The van der Waals surface area contributed by atoms with E-state index in [1.807, 2.05) is 0 Å². The first-order valence-corrected chi connectivity index (χ1v) is 4.88. The van der Waals surface area contributed by atoms with Crippen LogP contribution in [0.3, 0.4) is 0 Å². The summed E-state index contributed by atoms with van der Waals surface area (Å²) in [5.74, 6) is -0.170. The van der Waals surface area contributed by atoms with Crippen molar-refractivity contribution in [2.45, 2.75) is 35.8 Å². The van der Waals surface area contributed by atoms with Crippen molar-refractivity contribution in [1.82, 2.24) is 0 Å². The molecule has 1 saturated carbocycles. The predicted octanol–water partition coefficient (Wildman–Crippen LogP) is 1.24. The van der Waals surface area contributed by atoms with Crippen LogP contribution in [-0.4, -0.2) is 29.6 Å². The molecule has 1 aliphatic carbocycles. The van der Waals surface area contributed by atoms with Crippen LogP contribution in [0, 0.1) is 0 Å². The topological polar surface area (TPSA) is 38.8 Å². The summed E-state index contributed by atoms with van der Waals surface area (Å²) in [4.78, 5) is 11.3. The molecule has 1 saturated heterocycles. The van der Waals surface area contributed by atoms with Gasteiger partial charge in [0.15, 0.2) is 0 Å². The van der Waals surface area contributed by atoms with Gasteiger partial charge in [0, 0.05) is 6.42 Å². The van der Waals surface area contributed by atoms with E-state index in [2.05, 4.69) is 15.9 Å². The Hall–Kier alpha value is -0.0900. The first kappa shape index (κ1) is 8.51. The fourth-order valence-corrected chi connectivity index (χ4v) is 2.48. The van der Waals surface area contributed by atoms with E-state index in [1.165, 1.54) is 7.11 Å². The molecule has 0 amide bonds. The van der Waals surface area contributed by atoms with Crippen molar-refractivity contribution in [2.75, 3.05) is 7.11 Å². The van der Waals surface area contributed by atoms with Crippen molar-refractivity contribution < 1.29 is 14.3 Å². The molecule has 1 aliphatic heterocycles. The number of epoxide rings is 1. The monoisotopic (exact) mass is 234 g/mol. The van der Waals surface area contributed by atoms with Crippen molar-refractivity contribution in [1.29, 1.82) is 0 Å². The minimum Gasteiger partial charge on any atom is -0.468 e. The van der Waals surface area contributed by atoms with Gasteiger partial charge in [-0.2, -0.15) is 0 Å². The molecule has 3 nitrogen and oxygen atoms in total. The van der Waals surface area contributed by atoms with Crippen LogP contribution < -0.4 is 0 Å². The highest BCUT2D eigenvalue weighted by Crippen LogP contribution is 2.46. The van der Waals surface area contributed by atoms with Crippen molar-refractivity contribution in [3.63, 3.8) is 0 Å². The highest BCUT2D eigenvalue weighted by atomic mass is 79.9. The molecule has 0 aromatic carbocycles. The summed E-state index contributed by atoms with van der Waals surface area (Å²) in [6, 6.07) is 0. The molecule has 1 heterocycles. The van der Waals surface area contributed by atoms with E-state index in [-0.39, 0.29) is 12.1 Å². The van der Waals surface area contributed by atoms with E-state index < -0.39 is 4.32 Å². The van der Waals surface area contributed by atoms with E-state index in [1.54, 1.807) is 0 Å². The number of carbonyl (C=O) groups is 1. The van der Waals surface area contributed by atoms with E-state index in [4.69, 9.17) is 9.47 Å². The number of carbonyl (C=O) groups excluding carboxylic acids is 1. The summed E-state index contributed by atoms with van der Waals surface area (Å²) >= 11 is 3.43. The van der Waals surface area contributed by atoms with E-state index >= 15 is 0 Å². The minimum absolute atomic E-state index is 0.170. The predicted molar refractivity (Wildman–Crippen MR) is 46.2 cm³/mol. The van der Waals surface area contributed by atoms with Gasteiger partial charge >= 0.3 is 5.97 Å². The van der Waals surface area contributed by atoms with E-state index in [0.29, 0.717) is 6.10 Å². The average Bonchev–Trinajstić information content (AvgIpc) is 2.80. The lowest BCUT2D eigenvalue weighted by atomic mass is 9.89. The zero-order valence-electron chi connectivity index (χ0n) is 6.88. The van der Waals surface area contributed by atoms with Crippen LogP contribution in [0.5, 0.6) is 0 Å². The molecule has 0 bridgehead atoms. The highest BCUT2D eigenvalue weighted by molar-refractivity contribution is 9.10. The van der Waals surface area contributed by atoms with Crippen LogP contribution >= 0.6 is 15.9 Å². The standard InChI is InChI=1S/C8H11BrO3/c1-11-7(10)8(9)3-2-5-6(4-8)12-5/h5-6H,2-4H2,1H3. The molecule has 12 heavy (non-hydrogen) atoms. The van der Waals surface area contributed by atoms with Gasteiger partial charge in [-0.05, 0) is 12.8 Å². The van der Waals surface area contributed by atoms with Crippen molar-refractivity contribution in [3.05, 3.63) is 0 Å². The number of alkyl halides is 1. The zero-order valence-corrected chi connectivity index (χ0v) is 8.46. The number of esters is 1. The first-order chi connectivity index (χ1) is 5.65. The second-order valence-corrected chi connectivity index (χ2v) is 4.93. The average molecular weight is 235 g/mol. The third kappa shape index (κ3) is 1.27. The van der Waals surface area contributed by atoms with Gasteiger partial charge in [0.2, 0.25) is 0 Å². The van der Waals surface area contributed by atoms with Crippen molar-refractivity contribution in [2.24, 2.45) is 0 Å². The van der Waals surface area contributed by atoms with Gasteiger partial charge in [-0.15, -0.1) is 0 Å². The first-order valence-electron chi connectivity index (χ1n) is 4.08. The van der Waals surface area contributed by atoms with Crippen LogP contribution in [-0.2, 0) is 14.3 Å². The second kappa shape index (κ2) is 2.70. The Labute approximate surface area is 79.5 Å². The Kier molecular flexibility index (Phi) is 1.92. The molecule has 4 heteroatoms. The molecule has 0 aromatic heterocycles. The molecular weight excluding hydrogens is 224 g/mol. The zero-order chi connectivity index (χ0) is 8.77. The normalized spacial score (nSPS) is 44.8. The number of fused-ring (bicyclic) bond motifs is 1. The summed E-state index contributed by atoms with van der Waals surface area (Å²) in [6.07, 6.45) is 3.24. The maximum Gasteiger partial charge on any atom is 0.322 e. The summed E-state index contributed by atoms with van der Waals surface area (Å²) in [6.45, 7) is 0. The second-order valence-electron chi connectivity index (χ2n) is 3.41. The maximum absolute atomic E-state index is 11.3. The molecule has 3 unspecified atom stereocenters. The SMILES string of the molecule is COC(=O)C1(Br)CCC2OC2C1. The van der Waals surface area contributed by atoms with Gasteiger partial charge in [0.25, 0.3) is 0 Å². The number of rotatable bonds is 1. The van der Waals surface area contributed by atoms with Gasteiger partial charge in [-0.25, -0.2) is 0 Å². The Morgan fingerprint density at radius 2 is 2.42 bits per heavy atom. The van der Waals surface area contributed by atoms with Crippen LogP contribution in [0.15, 0.2) is 0 Å². The smallest absolute Gasteiger partial charge is 0.322 e. The van der Waals surface area contributed by atoms with Gasteiger partial charge in [-0.3, -0.25) is 4.79 Å². The Bertz CT molecular complexity index is 218. The quantitative estimate of drug-likeness (QED) is 0.390. The van der Waals surface area contributed by atoms with Crippen LogP contribution in [0.25, 0.3) is 0 Å². The minimum atomic E-state index is -0.473. The lowest BCUT2D eigenvalue weighted by molar-refractivity contribution is -0.144. The van der Waals surface area contributed by atoms with E-state index in [9.17, 15) is 4.79 Å². The highest BCUT2D eigenvalue weighted by Gasteiger charge is 2.53. The Balaban J connectivity index is 2.04. The third-order valence-electron chi connectivity index (χ3n) is 2.59. The summed E-state index contributed by atoms with van der Waals surface area (Å²) in [5.41, 5.74) is 0. The Morgan fingerprint density at radius 3 is 3.00 bits per heavy atom. The number of ether oxygens (including phenoxy) is 2. The van der Waals surface area contributed by atoms with Crippen molar-refractivity contribution >= 4 is 21.9 Å². The molecule has 3 atom stereocenters. The molecular formula is C8H11BrO3. The molecule has 0 spiro atoms. The number of hydrogen-bond acceptors (Lipinski definition) is 3. The molecule has 68 valence electrons. The summed E-state index contributed by atoms with van der Waals surface area (Å²) in [5, 5.41) is 0.